The highest BCUT2D eigenvalue weighted by atomic mass is 32.1. The third kappa shape index (κ3) is 3.82. The molecule has 2 aliphatic rings. The third-order valence-corrected chi connectivity index (χ3v) is 6.93. The van der Waals surface area contributed by atoms with Gasteiger partial charge in [-0.3, -0.25) is 9.36 Å². The molecule has 2 atom stereocenters. The Morgan fingerprint density at radius 2 is 1.91 bits per heavy atom. The molecule has 0 fully saturated rings. The van der Waals surface area contributed by atoms with Gasteiger partial charge in [0, 0.05) is 5.56 Å². The molecule has 2 aliphatic heterocycles. The Balaban J connectivity index is 1.69. The van der Waals surface area contributed by atoms with Gasteiger partial charge in [-0.25, -0.2) is 9.79 Å². The molecule has 7 heteroatoms. The van der Waals surface area contributed by atoms with Crippen molar-refractivity contribution in [3.8, 4) is 5.75 Å². The molecule has 0 aliphatic carbocycles. The van der Waals surface area contributed by atoms with Gasteiger partial charge in [-0.2, -0.15) is 0 Å². The lowest BCUT2D eigenvalue weighted by molar-refractivity contribution is -0.139. The molecular formula is C27H24N2O4S. The highest BCUT2D eigenvalue weighted by Crippen LogP contribution is 2.31. The van der Waals surface area contributed by atoms with Gasteiger partial charge in [-0.1, -0.05) is 59.9 Å². The van der Waals surface area contributed by atoms with E-state index in [2.05, 4.69) is 4.99 Å². The number of ether oxygens (including phenoxy) is 2. The minimum absolute atomic E-state index is 0.195. The number of aromatic nitrogens is 1. The zero-order valence-corrected chi connectivity index (χ0v) is 20.0. The number of para-hydroxylation sites is 1. The van der Waals surface area contributed by atoms with Crippen LogP contribution in [0.3, 0.4) is 0 Å². The first-order valence-corrected chi connectivity index (χ1v) is 12.0. The normalized spacial score (nSPS) is 19.5. The van der Waals surface area contributed by atoms with Crippen molar-refractivity contribution < 1.29 is 14.3 Å². The molecule has 2 aromatic carbocycles. The van der Waals surface area contributed by atoms with Crippen LogP contribution in [-0.4, -0.2) is 23.2 Å². The van der Waals surface area contributed by atoms with E-state index < -0.39 is 12.0 Å². The molecule has 0 saturated heterocycles. The minimum Gasteiger partial charge on any atom is -0.485 e. The number of thiazole rings is 1. The molecular weight excluding hydrogens is 448 g/mol. The van der Waals surface area contributed by atoms with Crippen LogP contribution in [0, 0.1) is 0 Å². The Bertz CT molecular complexity index is 1510. The first-order chi connectivity index (χ1) is 16.5. The molecule has 1 aromatic heterocycles. The molecule has 34 heavy (non-hydrogen) atoms. The van der Waals surface area contributed by atoms with Crippen LogP contribution in [0.25, 0.3) is 12.2 Å². The largest absolute Gasteiger partial charge is 0.485 e. The van der Waals surface area contributed by atoms with Crippen LogP contribution < -0.4 is 19.6 Å². The van der Waals surface area contributed by atoms with E-state index in [9.17, 15) is 9.59 Å². The van der Waals surface area contributed by atoms with Gasteiger partial charge < -0.3 is 9.47 Å². The van der Waals surface area contributed by atoms with Crippen molar-refractivity contribution >= 4 is 29.5 Å². The van der Waals surface area contributed by atoms with E-state index in [1.807, 2.05) is 73.7 Å². The van der Waals surface area contributed by atoms with Crippen LogP contribution >= 0.6 is 11.3 Å². The van der Waals surface area contributed by atoms with Gasteiger partial charge in [0.1, 0.15) is 11.9 Å². The van der Waals surface area contributed by atoms with Crippen molar-refractivity contribution in [3.63, 3.8) is 0 Å². The average Bonchev–Trinajstić information content (AvgIpc) is 3.13. The summed E-state index contributed by atoms with van der Waals surface area (Å²) in [5, 5.41) is 0. The maximum Gasteiger partial charge on any atom is 0.338 e. The number of esters is 1. The number of carbonyl (C=O) groups excluding carboxylic acids is 1. The summed E-state index contributed by atoms with van der Waals surface area (Å²) in [5.74, 6) is 0.368. The number of carbonyl (C=O) groups is 1. The van der Waals surface area contributed by atoms with Crippen LogP contribution in [0.1, 0.15) is 37.9 Å². The summed E-state index contributed by atoms with van der Waals surface area (Å²) in [5.41, 5.74) is 3.45. The topological polar surface area (TPSA) is 69.9 Å². The SMILES string of the molecule is CCOC(=O)C1=C(C)N=c2s/c(=C\C3=Cc4ccccc4O[C@@H]3C)c(=O)n2[C@H]1c1ccccc1. The predicted octanol–water partition coefficient (Wildman–Crippen LogP) is 3.61. The fraction of sp³-hybridized carbons (Fsp3) is 0.222. The van der Waals surface area contributed by atoms with E-state index in [0.29, 0.717) is 20.6 Å². The van der Waals surface area contributed by atoms with Crippen molar-refractivity contribution in [1.82, 2.24) is 4.57 Å². The predicted molar refractivity (Wildman–Crippen MR) is 132 cm³/mol. The summed E-state index contributed by atoms with van der Waals surface area (Å²) >= 11 is 1.31. The molecule has 3 heterocycles. The molecule has 0 N–H and O–H groups in total. The summed E-state index contributed by atoms with van der Waals surface area (Å²) < 4.78 is 13.5. The van der Waals surface area contributed by atoms with Crippen LogP contribution in [0.5, 0.6) is 5.75 Å². The second-order valence-electron chi connectivity index (χ2n) is 8.16. The lowest BCUT2D eigenvalue weighted by atomic mass is 9.96. The Morgan fingerprint density at radius 3 is 2.68 bits per heavy atom. The summed E-state index contributed by atoms with van der Waals surface area (Å²) in [4.78, 5) is 31.8. The molecule has 0 bridgehead atoms. The molecule has 3 aromatic rings. The number of allylic oxidation sites excluding steroid dienone is 1. The molecule has 0 amide bonds. The van der Waals surface area contributed by atoms with Crippen molar-refractivity contribution in [2.24, 2.45) is 4.99 Å². The second-order valence-corrected chi connectivity index (χ2v) is 9.16. The van der Waals surface area contributed by atoms with Gasteiger partial charge in [0.05, 0.1) is 28.5 Å². The number of hydrogen-bond donors (Lipinski definition) is 0. The first kappa shape index (κ1) is 22.1. The highest BCUT2D eigenvalue weighted by molar-refractivity contribution is 7.07. The zero-order chi connectivity index (χ0) is 23.8. The van der Waals surface area contributed by atoms with Crippen LogP contribution in [-0.2, 0) is 9.53 Å². The number of benzene rings is 2. The minimum atomic E-state index is -0.603. The van der Waals surface area contributed by atoms with Crippen molar-refractivity contribution in [1.29, 1.82) is 0 Å². The fourth-order valence-corrected chi connectivity index (χ4v) is 5.36. The number of rotatable bonds is 4. The Labute approximate surface area is 200 Å². The monoisotopic (exact) mass is 472 g/mol. The van der Waals surface area contributed by atoms with E-state index in [4.69, 9.17) is 9.47 Å². The van der Waals surface area contributed by atoms with E-state index >= 15 is 0 Å². The molecule has 172 valence electrons. The van der Waals surface area contributed by atoms with E-state index in [1.54, 1.807) is 18.4 Å². The lowest BCUT2D eigenvalue weighted by Crippen LogP contribution is -2.40. The Morgan fingerprint density at radius 1 is 1.18 bits per heavy atom. The maximum absolute atomic E-state index is 13.7. The van der Waals surface area contributed by atoms with Gasteiger partial charge >= 0.3 is 5.97 Å². The fourth-order valence-electron chi connectivity index (χ4n) is 4.32. The third-order valence-electron chi connectivity index (χ3n) is 5.94. The number of fused-ring (bicyclic) bond motifs is 2. The van der Waals surface area contributed by atoms with Gasteiger partial charge in [0.25, 0.3) is 5.56 Å². The number of hydrogen-bond acceptors (Lipinski definition) is 6. The van der Waals surface area contributed by atoms with Crippen molar-refractivity contribution in [2.75, 3.05) is 6.61 Å². The number of nitrogens with zero attached hydrogens (tertiary/aromatic N) is 2. The molecule has 0 radical (unpaired) electrons. The van der Waals surface area contributed by atoms with Gasteiger partial charge in [-0.05, 0) is 50.1 Å². The quantitative estimate of drug-likeness (QED) is 0.544. The lowest BCUT2D eigenvalue weighted by Gasteiger charge is -2.24. The smallest absolute Gasteiger partial charge is 0.338 e. The maximum atomic E-state index is 13.7. The van der Waals surface area contributed by atoms with E-state index in [1.165, 1.54) is 11.3 Å². The Kier molecular flexibility index (Phi) is 5.79. The Hall–Kier alpha value is -3.71. The van der Waals surface area contributed by atoms with Gasteiger partial charge in [-0.15, -0.1) is 0 Å². The summed E-state index contributed by atoms with van der Waals surface area (Å²) in [6.07, 6.45) is 3.72. The van der Waals surface area contributed by atoms with Crippen molar-refractivity contribution in [3.05, 3.63) is 102 Å². The van der Waals surface area contributed by atoms with Crippen molar-refractivity contribution in [2.45, 2.75) is 32.9 Å². The van der Waals surface area contributed by atoms with Gasteiger partial charge in [0.15, 0.2) is 4.80 Å². The van der Waals surface area contributed by atoms with Crippen LogP contribution in [0.15, 0.2) is 81.2 Å². The standard InChI is InChI=1S/C27H24N2O4S/c1-4-32-26(31)23-16(2)28-27-29(24(23)18-10-6-5-7-11-18)25(30)22(34-27)15-20-14-19-12-8-9-13-21(19)33-17(20)3/h5-15,17,24H,4H2,1-3H3/b22-15-/t17-,24+/m1/s1. The molecule has 0 spiro atoms. The first-order valence-electron chi connectivity index (χ1n) is 11.2. The molecule has 0 unspecified atom stereocenters. The summed E-state index contributed by atoms with van der Waals surface area (Å²) in [7, 11) is 0. The van der Waals surface area contributed by atoms with Crippen LogP contribution in [0.2, 0.25) is 0 Å². The van der Waals surface area contributed by atoms with E-state index in [0.717, 1.165) is 22.4 Å². The van der Waals surface area contributed by atoms with Gasteiger partial charge in [0.2, 0.25) is 0 Å². The summed E-state index contributed by atoms with van der Waals surface area (Å²) in [6.45, 7) is 5.76. The molecule has 0 saturated carbocycles. The molecule has 6 nitrogen and oxygen atoms in total. The molecule has 5 rings (SSSR count). The zero-order valence-electron chi connectivity index (χ0n) is 19.1. The summed E-state index contributed by atoms with van der Waals surface area (Å²) in [6, 6.07) is 16.7. The van der Waals surface area contributed by atoms with E-state index in [-0.39, 0.29) is 18.3 Å². The highest BCUT2D eigenvalue weighted by Gasteiger charge is 2.33. The average molecular weight is 473 g/mol. The second kappa shape index (κ2) is 8.91. The van der Waals surface area contributed by atoms with Crippen LogP contribution in [0.4, 0.5) is 0 Å².